The minimum Gasteiger partial charge on any atom is -0.343 e. The third kappa shape index (κ3) is 2.13. The number of rotatable bonds is 3. The van der Waals surface area contributed by atoms with E-state index in [9.17, 15) is 4.79 Å². The van der Waals surface area contributed by atoms with Gasteiger partial charge in [0.25, 0.3) is 0 Å². The molecule has 0 unspecified atom stereocenters. The molecule has 1 saturated carbocycles. The second-order valence-corrected chi connectivity index (χ2v) is 4.66. The predicted molar refractivity (Wildman–Crippen MR) is 56.0 cm³/mol. The lowest BCUT2D eigenvalue weighted by molar-refractivity contribution is -0.119. The normalized spacial score (nSPS) is 25.4. The summed E-state index contributed by atoms with van der Waals surface area (Å²) in [5.41, 5.74) is -0.0661. The number of carbonyl (C=O) groups excluding carboxylic acids is 1. The summed E-state index contributed by atoms with van der Waals surface area (Å²) in [7, 11) is 0. The highest BCUT2D eigenvalue weighted by molar-refractivity contribution is 5.47. The van der Waals surface area contributed by atoms with Crippen molar-refractivity contribution in [1.82, 2.24) is 9.80 Å². The van der Waals surface area contributed by atoms with Crippen molar-refractivity contribution in [2.24, 2.45) is 5.41 Å². The van der Waals surface area contributed by atoms with E-state index in [4.69, 9.17) is 5.26 Å². The molecule has 0 aromatic heterocycles. The largest absolute Gasteiger partial charge is 0.343 e. The molecule has 1 amide bonds. The molecule has 4 nitrogen and oxygen atoms in total. The maximum atomic E-state index is 10.5. The molecule has 0 bridgehead atoms. The fourth-order valence-corrected chi connectivity index (χ4v) is 2.36. The molecule has 0 aromatic rings. The highest BCUT2D eigenvalue weighted by atomic mass is 16.1. The Morgan fingerprint density at radius 2 is 1.93 bits per heavy atom. The summed E-state index contributed by atoms with van der Waals surface area (Å²) in [6, 6.07) is 2.46. The number of hydrogen-bond acceptors (Lipinski definition) is 3. The van der Waals surface area contributed by atoms with Crippen molar-refractivity contribution in [2.45, 2.75) is 19.3 Å². The van der Waals surface area contributed by atoms with Gasteiger partial charge in [-0.25, -0.2) is 0 Å². The highest BCUT2D eigenvalue weighted by Gasteiger charge is 2.39. The van der Waals surface area contributed by atoms with Gasteiger partial charge in [-0.15, -0.1) is 0 Å². The quantitative estimate of drug-likeness (QED) is 0.631. The molecule has 2 fully saturated rings. The molecule has 1 aliphatic carbocycles. The van der Waals surface area contributed by atoms with Crippen LogP contribution in [0.25, 0.3) is 0 Å². The van der Waals surface area contributed by atoms with Crippen LogP contribution in [0.2, 0.25) is 0 Å². The Kier molecular flexibility index (Phi) is 2.92. The van der Waals surface area contributed by atoms with E-state index in [0.717, 1.165) is 52.0 Å². The van der Waals surface area contributed by atoms with E-state index in [1.54, 1.807) is 4.90 Å². The fourth-order valence-electron chi connectivity index (χ4n) is 2.36. The molecule has 0 spiro atoms. The molecular formula is C11H17N3O. The van der Waals surface area contributed by atoms with Crippen LogP contribution in [0.1, 0.15) is 19.3 Å². The SMILES string of the molecule is N#CC1(CN2CCN(C=O)CC2)CCC1. The summed E-state index contributed by atoms with van der Waals surface area (Å²) in [6.45, 7) is 4.36. The molecule has 1 aliphatic heterocycles. The molecule has 0 N–H and O–H groups in total. The minimum absolute atomic E-state index is 0.0661. The molecule has 1 heterocycles. The van der Waals surface area contributed by atoms with Gasteiger partial charge in [-0.05, 0) is 12.8 Å². The number of hydrogen-bond donors (Lipinski definition) is 0. The first-order chi connectivity index (χ1) is 7.28. The Labute approximate surface area is 90.5 Å². The Bertz CT molecular complexity index is 272. The van der Waals surface area contributed by atoms with Gasteiger partial charge in [0.15, 0.2) is 0 Å². The first-order valence-corrected chi connectivity index (χ1v) is 5.61. The zero-order chi connectivity index (χ0) is 10.7. The van der Waals surface area contributed by atoms with Crippen LogP contribution in [-0.4, -0.2) is 48.9 Å². The van der Waals surface area contributed by atoms with Gasteiger partial charge >= 0.3 is 0 Å². The Morgan fingerprint density at radius 1 is 1.27 bits per heavy atom. The van der Waals surface area contributed by atoms with Crippen LogP contribution in [0.4, 0.5) is 0 Å². The van der Waals surface area contributed by atoms with E-state index in [1.807, 2.05) is 0 Å². The summed E-state index contributed by atoms with van der Waals surface area (Å²) >= 11 is 0. The van der Waals surface area contributed by atoms with Crippen LogP contribution in [0.15, 0.2) is 0 Å². The van der Waals surface area contributed by atoms with Crippen LogP contribution in [0, 0.1) is 16.7 Å². The van der Waals surface area contributed by atoms with E-state index in [-0.39, 0.29) is 5.41 Å². The van der Waals surface area contributed by atoms with E-state index in [1.165, 1.54) is 6.42 Å². The summed E-state index contributed by atoms with van der Waals surface area (Å²) < 4.78 is 0. The van der Waals surface area contributed by atoms with Crippen molar-refractivity contribution < 1.29 is 4.79 Å². The van der Waals surface area contributed by atoms with Gasteiger partial charge in [0, 0.05) is 32.7 Å². The van der Waals surface area contributed by atoms with Gasteiger partial charge in [-0.1, -0.05) is 6.42 Å². The smallest absolute Gasteiger partial charge is 0.209 e. The molecule has 0 radical (unpaired) electrons. The lowest BCUT2D eigenvalue weighted by Gasteiger charge is -2.42. The average molecular weight is 207 g/mol. The molecule has 0 atom stereocenters. The maximum Gasteiger partial charge on any atom is 0.209 e. The number of amides is 1. The van der Waals surface area contributed by atoms with Gasteiger partial charge < -0.3 is 4.90 Å². The zero-order valence-corrected chi connectivity index (χ0v) is 8.98. The highest BCUT2D eigenvalue weighted by Crippen LogP contribution is 2.40. The molecule has 4 heteroatoms. The molecule has 15 heavy (non-hydrogen) atoms. The second-order valence-electron chi connectivity index (χ2n) is 4.66. The molecule has 1 saturated heterocycles. The maximum absolute atomic E-state index is 10.5. The summed E-state index contributed by atoms with van der Waals surface area (Å²) in [4.78, 5) is 14.7. The minimum atomic E-state index is -0.0661. The van der Waals surface area contributed by atoms with Crippen molar-refractivity contribution in [3.05, 3.63) is 0 Å². The number of piperazine rings is 1. The van der Waals surface area contributed by atoms with E-state index >= 15 is 0 Å². The third-order valence-electron chi connectivity index (χ3n) is 3.63. The Morgan fingerprint density at radius 3 is 2.33 bits per heavy atom. The van der Waals surface area contributed by atoms with Crippen molar-refractivity contribution in [2.75, 3.05) is 32.7 Å². The van der Waals surface area contributed by atoms with Crippen molar-refractivity contribution in [1.29, 1.82) is 5.26 Å². The standard InChI is InChI=1S/C11H17N3O/c12-8-11(2-1-3-11)9-13-4-6-14(10-15)7-5-13/h10H,1-7,9H2. The van der Waals surface area contributed by atoms with Crippen molar-refractivity contribution in [3.8, 4) is 6.07 Å². The summed E-state index contributed by atoms with van der Waals surface area (Å²) in [5.74, 6) is 0. The van der Waals surface area contributed by atoms with Crippen LogP contribution >= 0.6 is 0 Å². The number of carbonyl (C=O) groups is 1. The zero-order valence-electron chi connectivity index (χ0n) is 8.98. The lowest BCUT2D eigenvalue weighted by Crippen LogP contribution is -2.50. The van der Waals surface area contributed by atoms with Gasteiger partial charge in [0.1, 0.15) is 0 Å². The van der Waals surface area contributed by atoms with Crippen LogP contribution in [0.5, 0.6) is 0 Å². The summed E-state index contributed by atoms with van der Waals surface area (Å²) in [6.07, 6.45) is 4.22. The molecular weight excluding hydrogens is 190 g/mol. The summed E-state index contributed by atoms with van der Waals surface area (Å²) in [5, 5.41) is 9.12. The van der Waals surface area contributed by atoms with Crippen molar-refractivity contribution >= 4 is 6.41 Å². The van der Waals surface area contributed by atoms with E-state index in [2.05, 4.69) is 11.0 Å². The van der Waals surface area contributed by atoms with Gasteiger partial charge in [-0.2, -0.15) is 5.26 Å². The van der Waals surface area contributed by atoms with E-state index < -0.39 is 0 Å². The Balaban J connectivity index is 1.82. The topological polar surface area (TPSA) is 47.3 Å². The van der Waals surface area contributed by atoms with Crippen LogP contribution < -0.4 is 0 Å². The van der Waals surface area contributed by atoms with Gasteiger partial charge in [0.05, 0.1) is 11.5 Å². The molecule has 0 aromatic carbocycles. The molecule has 2 aliphatic rings. The van der Waals surface area contributed by atoms with E-state index in [0.29, 0.717) is 0 Å². The van der Waals surface area contributed by atoms with Gasteiger partial charge in [-0.3, -0.25) is 9.69 Å². The van der Waals surface area contributed by atoms with Gasteiger partial charge in [0.2, 0.25) is 6.41 Å². The monoisotopic (exact) mass is 207 g/mol. The first kappa shape index (κ1) is 10.4. The van der Waals surface area contributed by atoms with Crippen LogP contribution in [-0.2, 0) is 4.79 Å². The second kappa shape index (κ2) is 4.19. The third-order valence-corrected chi connectivity index (χ3v) is 3.63. The number of nitriles is 1. The number of nitrogens with zero attached hydrogens (tertiary/aromatic N) is 3. The van der Waals surface area contributed by atoms with Crippen LogP contribution in [0.3, 0.4) is 0 Å². The molecule has 82 valence electrons. The average Bonchev–Trinajstić information content (AvgIpc) is 2.24. The molecule has 2 rings (SSSR count). The predicted octanol–water partition coefficient (Wildman–Crippen LogP) is 0.454. The lowest BCUT2D eigenvalue weighted by atomic mass is 9.69. The van der Waals surface area contributed by atoms with Crippen molar-refractivity contribution in [3.63, 3.8) is 0 Å². The fraction of sp³-hybridized carbons (Fsp3) is 0.818. The first-order valence-electron chi connectivity index (χ1n) is 5.61. The Hall–Kier alpha value is -1.08.